The molecule has 0 bridgehead atoms. The second-order valence-electron chi connectivity index (χ2n) is 4.48. The van der Waals surface area contributed by atoms with Gasteiger partial charge in [-0.2, -0.15) is 0 Å². The number of nitrogens with one attached hydrogen (secondary N) is 1. The van der Waals surface area contributed by atoms with Gasteiger partial charge < -0.3 is 15.3 Å². The monoisotopic (exact) mass is 265 g/mol. The number of carboxylic acid groups (broad SMARTS) is 1. The van der Waals surface area contributed by atoms with Crippen molar-refractivity contribution in [1.29, 1.82) is 0 Å². The predicted molar refractivity (Wildman–Crippen MR) is 69.5 cm³/mol. The fourth-order valence-corrected chi connectivity index (χ4v) is 2.29. The Balaban J connectivity index is 2.34. The van der Waals surface area contributed by atoms with Gasteiger partial charge in [-0.05, 0) is 18.6 Å². The molecule has 1 saturated heterocycles. The van der Waals surface area contributed by atoms with E-state index >= 15 is 0 Å². The average Bonchev–Trinajstić information content (AvgIpc) is 2.38. The van der Waals surface area contributed by atoms with Gasteiger partial charge in [-0.15, -0.1) is 0 Å². The highest BCUT2D eigenvalue weighted by Gasteiger charge is 2.29. The molecule has 1 fully saturated rings. The van der Waals surface area contributed by atoms with Crippen LogP contribution in [0.4, 0.5) is 11.4 Å². The molecule has 1 aliphatic heterocycles. The first-order valence-electron chi connectivity index (χ1n) is 5.96. The van der Waals surface area contributed by atoms with Gasteiger partial charge >= 0.3 is 5.97 Å². The third-order valence-corrected chi connectivity index (χ3v) is 3.23. The van der Waals surface area contributed by atoms with Gasteiger partial charge in [0.05, 0.1) is 4.92 Å². The van der Waals surface area contributed by atoms with Crippen molar-refractivity contribution in [3.63, 3.8) is 0 Å². The van der Waals surface area contributed by atoms with Crippen molar-refractivity contribution in [2.75, 3.05) is 24.5 Å². The molecule has 1 aromatic rings. The van der Waals surface area contributed by atoms with Crippen molar-refractivity contribution in [2.24, 2.45) is 0 Å². The second kappa shape index (κ2) is 5.23. The van der Waals surface area contributed by atoms with Crippen LogP contribution in [0.3, 0.4) is 0 Å². The summed E-state index contributed by atoms with van der Waals surface area (Å²) in [4.78, 5) is 23.3. The lowest BCUT2D eigenvalue weighted by Crippen LogP contribution is -2.55. The maximum atomic E-state index is 11.2. The summed E-state index contributed by atoms with van der Waals surface area (Å²) >= 11 is 0. The number of anilines is 1. The van der Waals surface area contributed by atoms with E-state index in [0.29, 0.717) is 25.2 Å². The molecule has 0 aromatic heterocycles. The van der Waals surface area contributed by atoms with Crippen LogP contribution in [0.2, 0.25) is 0 Å². The van der Waals surface area contributed by atoms with E-state index in [1.54, 1.807) is 17.9 Å². The molecule has 1 aromatic carbocycles. The van der Waals surface area contributed by atoms with Crippen LogP contribution in [-0.4, -0.2) is 41.7 Å². The van der Waals surface area contributed by atoms with Crippen LogP contribution in [0.15, 0.2) is 18.2 Å². The Morgan fingerprint density at radius 3 is 2.89 bits per heavy atom. The SMILES string of the molecule is Cc1cc([N+](=O)[O-])ccc1N1CCNCC1C(=O)O. The summed E-state index contributed by atoms with van der Waals surface area (Å²) in [6.07, 6.45) is 0. The van der Waals surface area contributed by atoms with Crippen molar-refractivity contribution in [1.82, 2.24) is 5.32 Å². The van der Waals surface area contributed by atoms with Gasteiger partial charge in [-0.3, -0.25) is 10.1 Å². The van der Waals surface area contributed by atoms with Crippen LogP contribution in [-0.2, 0) is 4.79 Å². The first-order chi connectivity index (χ1) is 9.00. The van der Waals surface area contributed by atoms with Crippen LogP contribution in [0, 0.1) is 17.0 Å². The molecule has 7 nitrogen and oxygen atoms in total. The molecule has 1 unspecified atom stereocenters. The molecule has 0 spiro atoms. The third kappa shape index (κ3) is 2.65. The minimum Gasteiger partial charge on any atom is -0.480 e. The van der Waals surface area contributed by atoms with Crippen LogP contribution < -0.4 is 10.2 Å². The molecule has 19 heavy (non-hydrogen) atoms. The Hall–Kier alpha value is -2.15. The summed E-state index contributed by atoms with van der Waals surface area (Å²) in [7, 11) is 0. The van der Waals surface area contributed by atoms with Gasteiger partial charge in [0, 0.05) is 37.5 Å². The van der Waals surface area contributed by atoms with Gasteiger partial charge in [0.2, 0.25) is 0 Å². The van der Waals surface area contributed by atoms with Gasteiger partial charge in [-0.1, -0.05) is 0 Å². The van der Waals surface area contributed by atoms with Gasteiger partial charge in [-0.25, -0.2) is 4.79 Å². The van der Waals surface area contributed by atoms with E-state index in [1.807, 2.05) is 0 Å². The molecule has 1 atom stereocenters. The van der Waals surface area contributed by atoms with E-state index < -0.39 is 16.9 Å². The number of nitro benzene ring substituents is 1. The standard InChI is InChI=1S/C12H15N3O4/c1-8-6-9(15(18)19)2-3-10(8)14-5-4-13-7-11(14)12(16)17/h2-3,6,11,13H,4-5,7H2,1H3,(H,16,17). The number of aliphatic carboxylic acids is 1. The number of rotatable bonds is 3. The van der Waals surface area contributed by atoms with Gasteiger partial charge in [0.15, 0.2) is 0 Å². The number of non-ortho nitro benzene ring substituents is 1. The molecule has 0 aliphatic carbocycles. The Labute approximate surface area is 110 Å². The molecule has 102 valence electrons. The largest absolute Gasteiger partial charge is 0.480 e. The molecular formula is C12H15N3O4. The molecule has 0 saturated carbocycles. The fraction of sp³-hybridized carbons (Fsp3) is 0.417. The normalized spacial score (nSPS) is 19.2. The summed E-state index contributed by atoms with van der Waals surface area (Å²) in [5, 5.41) is 22.9. The lowest BCUT2D eigenvalue weighted by atomic mass is 10.1. The molecule has 2 rings (SSSR count). The number of hydrogen-bond donors (Lipinski definition) is 2. The smallest absolute Gasteiger partial charge is 0.327 e. The molecule has 0 amide bonds. The van der Waals surface area contributed by atoms with Gasteiger partial charge in [0.25, 0.3) is 5.69 Å². The van der Waals surface area contributed by atoms with Crippen molar-refractivity contribution < 1.29 is 14.8 Å². The summed E-state index contributed by atoms with van der Waals surface area (Å²) in [5.74, 6) is -0.898. The number of nitrogens with zero attached hydrogens (tertiary/aromatic N) is 2. The summed E-state index contributed by atoms with van der Waals surface area (Å²) < 4.78 is 0. The minimum absolute atomic E-state index is 0.0169. The summed E-state index contributed by atoms with van der Waals surface area (Å²) in [5.41, 5.74) is 1.46. The highest BCUT2D eigenvalue weighted by atomic mass is 16.6. The quantitative estimate of drug-likeness (QED) is 0.619. The third-order valence-electron chi connectivity index (χ3n) is 3.23. The van der Waals surface area contributed by atoms with Crippen molar-refractivity contribution >= 4 is 17.3 Å². The Morgan fingerprint density at radius 1 is 1.58 bits per heavy atom. The summed E-state index contributed by atoms with van der Waals surface area (Å²) in [6, 6.07) is 3.85. The van der Waals surface area contributed by atoms with Crippen LogP contribution in [0.5, 0.6) is 0 Å². The molecule has 7 heteroatoms. The van der Waals surface area contributed by atoms with Crippen molar-refractivity contribution in [2.45, 2.75) is 13.0 Å². The first kappa shape index (κ1) is 13.3. The molecule has 1 heterocycles. The van der Waals surface area contributed by atoms with E-state index in [-0.39, 0.29) is 5.69 Å². The summed E-state index contributed by atoms with van der Waals surface area (Å²) in [6.45, 7) is 3.38. The van der Waals surface area contributed by atoms with E-state index in [1.165, 1.54) is 12.1 Å². The molecular weight excluding hydrogens is 250 g/mol. The molecule has 1 aliphatic rings. The maximum Gasteiger partial charge on any atom is 0.327 e. The number of carbonyl (C=O) groups is 1. The van der Waals surface area contributed by atoms with Gasteiger partial charge in [0.1, 0.15) is 6.04 Å². The zero-order valence-electron chi connectivity index (χ0n) is 10.5. The molecule has 2 N–H and O–H groups in total. The number of piperazine rings is 1. The lowest BCUT2D eigenvalue weighted by molar-refractivity contribution is -0.384. The van der Waals surface area contributed by atoms with E-state index in [0.717, 1.165) is 5.69 Å². The zero-order valence-corrected chi connectivity index (χ0v) is 10.5. The van der Waals surface area contributed by atoms with Crippen LogP contribution >= 0.6 is 0 Å². The topological polar surface area (TPSA) is 95.7 Å². The van der Waals surface area contributed by atoms with Crippen molar-refractivity contribution in [3.8, 4) is 0 Å². The lowest BCUT2D eigenvalue weighted by Gasteiger charge is -2.36. The first-order valence-corrected chi connectivity index (χ1v) is 5.96. The number of nitro groups is 1. The zero-order chi connectivity index (χ0) is 14.0. The highest BCUT2D eigenvalue weighted by molar-refractivity contribution is 5.79. The fourth-order valence-electron chi connectivity index (χ4n) is 2.29. The number of hydrogen-bond acceptors (Lipinski definition) is 5. The number of aryl methyl sites for hydroxylation is 1. The van der Waals surface area contributed by atoms with E-state index in [2.05, 4.69) is 5.32 Å². The maximum absolute atomic E-state index is 11.2. The Bertz CT molecular complexity index is 518. The minimum atomic E-state index is -0.898. The Kier molecular flexibility index (Phi) is 3.66. The van der Waals surface area contributed by atoms with E-state index in [4.69, 9.17) is 0 Å². The highest BCUT2D eigenvalue weighted by Crippen LogP contribution is 2.26. The number of carboxylic acids is 1. The second-order valence-corrected chi connectivity index (χ2v) is 4.48. The van der Waals surface area contributed by atoms with Crippen molar-refractivity contribution in [3.05, 3.63) is 33.9 Å². The Morgan fingerprint density at radius 2 is 2.32 bits per heavy atom. The predicted octanol–water partition coefficient (Wildman–Crippen LogP) is 0.766. The average molecular weight is 265 g/mol. The van der Waals surface area contributed by atoms with Crippen LogP contribution in [0.25, 0.3) is 0 Å². The molecule has 0 radical (unpaired) electrons. The van der Waals surface area contributed by atoms with Crippen LogP contribution in [0.1, 0.15) is 5.56 Å². The van der Waals surface area contributed by atoms with E-state index in [9.17, 15) is 20.0 Å². The number of benzene rings is 1.